The summed E-state index contributed by atoms with van der Waals surface area (Å²) in [7, 11) is 0. The van der Waals surface area contributed by atoms with Gasteiger partial charge in [-0.25, -0.2) is 0 Å². The van der Waals surface area contributed by atoms with Crippen LogP contribution >= 0.6 is 0 Å². The van der Waals surface area contributed by atoms with Gasteiger partial charge in [-0.1, -0.05) is 29.8 Å². The minimum Gasteiger partial charge on any atom is -0.481 e. The third-order valence-electron chi connectivity index (χ3n) is 3.37. The third-order valence-corrected chi connectivity index (χ3v) is 3.37. The van der Waals surface area contributed by atoms with Gasteiger partial charge in [0, 0.05) is 13.2 Å². The zero-order chi connectivity index (χ0) is 13.6. The molecule has 0 radical (unpaired) electrons. The number of aliphatic hydroxyl groups is 1. The molecule has 0 fully saturated rings. The van der Waals surface area contributed by atoms with E-state index >= 15 is 0 Å². The molecule has 4 N–H and O–H groups in total. The van der Waals surface area contributed by atoms with Crippen molar-refractivity contribution in [3.63, 3.8) is 0 Å². The lowest BCUT2D eigenvalue weighted by atomic mass is 9.76. The molecule has 18 heavy (non-hydrogen) atoms. The van der Waals surface area contributed by atoms with Crippen molar-refractivity contribution in [3.8, 4) is 0 Å². The number of aliphatic carboxylic acids is 1. The highest BCUT2D eigenvalue weighted by atomic mass is 16.4. The van der Waals surface area contributed by atoms with Crippen molar-refractivity contribution < 1.29 is 15.0 Å². The van der Waals surface area contributed by atoms with E-state index in [9.17, 15) is 9.90 Å². The van der Waals surface area contributed by atoms with Gasteiger partial charge in [0.1, 0.15) is 5.41 Å². The zero-order valence-corrected chi connectivity index (χ0v) is 10.7. The van der Waals surface area contributed by atoms with E-state index in [4.69, 9.17) is 10.8 Å². The van der Waals surface area contributed by atoms with Gasteiger partial charge < -0.3 is 15.9 Å². The Morgan fingerprint density at radius 3 is 2.33 bits per heavy atom. The zero-order valence-electron chi connectivity index (χ0n) is 10.7. The Morgan fingerprint density at radius 1 is 1.28 bits per heavy atom. The molecule has 0 aliphatic carbocycles. The summed E-state index contributed by atoms with van der Waals surface area (Å²) in [5.74, 6) is -0.896. The van der Waals surface area contributed by atoms with E-state index in [1.165, 1.54) is 0 Å². The summed E-state index contributed by atoms with van der Waals surface area (Å²) in [6, 6.07) is 7.45. The molecule has 0 spiro atoms. The molecule has 0 saturated carbocycles. The van der Waals surface area contributed by atoms with Gasteiger partial charge in [0.05, 0.1) is 0 Å². The predicted molar refractivity (Wildman–Crippen MR) is 70.5 cm³/mol. The molecule has 0 aliphatic heterocycles. The molecule has 0 bridgehead atoms. The Morgan fingerprint density at radius 2 is 1.89 bits per heavy atom. The summed E-state index contributed by atoms with van der Waals surface area (Å²) in [6.45, 7) is 2.10. The number of benzene rings is 1. The van der Waals surface area contributed by atoms with E-state index < -0.39 is 11.4 Å². The molecule has 0 aromatic heterocycles. The van der Waals surface area contributed by atoms with E-state index in [1.807, 2.05) is 31.2 Å². The fourth-order valence-electron chi connectivity index (χ4n) is 2.09. The largest absolute Gasteiger partial charge is 0.481 e. The Labute approximate surface area is 107 Å². The number of hydrogen-bond acceptors (Lipinski definition) is 3. The molecular weight excluding hydrogens is 230 g/mol. The van der Waals surface area contributed by atoms with E-state index in [2.05, 4.69) is 0 Å². The molecule has 1 rings (SSSR count). The van der Waals surface area contributed by atoms with Gasteiger partial charge in [0.25, 0.3) is 0 Å². The van der Waals surface area contributed by atoms with Crippen LogP contribution in [-0.4, -0.2) is 29.3 Å². The summed E-state index contributed by atoms with van der Waals surface area (Å²) >= 11 is 0. The molecule has 1 aromatic rings. The molecule has 100 valence electrons. The van der Waals surface area contributed by atoms with Crippen LogP contribution in [0.25, 0.3) is 0 Å². The first-order chi connectivity index (χ1) is 8.56. The van der Waals surface area contributed by atoms with Crippen molar-refractivity contribution in [2.24, 2.45) is 5.73 Å². The molecule has 1 aromatic carbocycles. The highest BCUT2D eigenvalue weighted by molar-refractivity contribution is 5.81. The van der Waals surface area contributed by atoms with Crippen LogP contribution in [0.3, 0.4) is 0 Å². The number of carbonyl (C=O) groups is 1. The molecule has 1 atom stereocenters. The van der Waals surface area contributed by atoms with Gasteiger partial charge in [0.2, 0.25) is 0 Å². The number of nitrogens with two attached hydrogens (primary N) is 1. The van der Waals surface area contributed by atoms with Crippen LogP contribution in [0, 0.1) is 6.92 Å². The topological polar surface area (TPSA) is 83.5 Å². The van der Waals surface area contributed by atoms with Gasteiger partial charge >= 0.3 is 5.97 Å². The number of aliphatic hydroxyl groups excluding tert-OH is 1. The van der Waals surface area contributed by atoms with E-state index in [1.54, 1.807) is 0 Å². The van der Waals surface area contributed by atoms with Crippen molar-refractivity contribution in [2.45, 2.75) is 31.6 Å². The van der Waals surface area contributed by atoms with Gasteiger partial charge in [-0.3, -0.25) is 4.79 Å². The van der Waals surface area contributed by atoms with Crippen LogP contribution in [0.4, 0.5) is 0 Å². The molecular formula is C14H21NO3. The summed E-state index contributed by atoms with van der Waals surface area (Å²) in [5.41, 5.74) is 6.50. The predicted octanol–water partition coefficient (Wildman–Crippen LogP) is 1.44. The van der Waals surface area contributed by atoms with Gasteiger partial charge in [-0.05, 0) is 31.7 Å². The SMILES string of the molecule is Cc1ccc(C(CN)(CCCCO)C(=O)O)cc1. The maximum Gasteiger partial charge on any atom is 0.315 e. The van der Waals surface area contributed by atoms with Crippen molar-refractivity contribution in [1.29, 1.82) is 0 Å². The number of hydrogen-bond donors (Lipinski definition) is 3. The van der Waals surface area contributed by atoms with Crippen LogP contribution in [0.15, 0.2) is 24.3 Å². The van der Waals surface area contributed by atoms with E-state index in [0.717, 1.165) is 11.1 Å². The lowest BCUT2D eigenvalue weighted by Crippen LogP contribution is -2.43. The summed E-state index contributed by atoms with van der Waals surface area (Å²) in [4.78, 5) is 11.6. The van der Waals surface area contributed by atoms with E-state index in [0.29, 0.717) is 19.3 Å². The van der Waals surface area contributed by atoms with Gasteiger partial charge in [-0.15, -0.1) is 0 Å². The average Bonchev–Trinajstić information content (AvgIpc) is 2.36. The smallest absolute Gasteiger partial charge is 0.315 e. The molecule has 1 unspecified atom stereocenters. The Hall–Kier alpha value is -1.39. The second-order valence-corrected chi connectivity index (χ2v) is 4.64. The molecule has 0 amide bonds. The number of aryl methyl sites for hydroxylation is 1. The van der Waals surface area contributed by atoms with Crippen molar-refractivity contribution in [2.75, 3.05) is 13.2 Å². The normalized spacial score (nSPS) is 14.2. The van der Waals surface area contributed by atoms with Crippen LogP contribution in [-0.2, 0) is 10.2 Å². The van der Waals surface area contributed by atoms with Crippen molar-refractivity contribution in [1.82, 2.24) is 0 Å². The first-order valence-electron chi connectivity index (χ1n) is 6.18. The molecule has 0 saturated heterocycles. The minimum absolute atomic E-state index is 0.0663. The van der Waals surface area contributed by atoms with Gasteiger partial charge in [-0.2, -0.15) is 0 Å². The van der Waals surface area contributed by atoms with Crippen LogP contribution in [0.5, 0.6) is 0 Å². The van der Waals surface area contributed by atoms with E-state index in [-0.39, 0.29) is 13.2 Å². The number of rotatable bonds is 7. The lowest BCUT2D eigenvalue weighted by molar-refractivity contribution is -0.143. The number of carboxylic acids is 1. The van der Waals surface area contributed by atoms with Crippen LogP contribution in [0.2, 0.25) is 0 Å². The number of carboxylic acid groups (broad SMARTS) is 1. The highest BCUT2D eigenvalue weighted by Gasteiger charge is 2.38. The summed E-state index contributed by atoms with van der Waals surface area (Å²) < 4.78 is 0. The van der Waals surface area contributed by atoms with Crippen LogP contribution < -0.4 is 5.73 Å². The molecule has 4 heteroatoms. The molecule has 0 heterocycles. The molecule has 4 nitrogen and oxygen atoms in total. The average molecular weight is 251 g/mol. The summed E-state index contributed by atoms with van der Waals surface area (Å²) in [6.07, 6.45) is 1.69. The number of unbranched alkanes of at least 4 members (excludes halogenated alkanes) is 1. The second-order valence-electron chi connectivity index (χ2n) is 4.64. The van der Waals surface area contributed by atoms with Crippen LogP contribution in [0.1, 0.15) is 30.4 Å². The Kier molecular flexibility index (Phi) is 5.31. The first kappa shape index (κ1) is 14.7. The Bertz CT molecular complexity index is 389. The standard InChI is InChI=1S/C14H21NO3/c1-11-4-6-12(7-5-11)14(10-15,13(17)18)8-2-3-9-16/h4-7,16H,2-3,8-10,15H2,1H3,(H,17,18). The quantitative estimate of drug-likeness (QED) is 0.640. The van der Waals surface area contributed by atoms with Crippen molar-refractivity contribution in [3.05, 3.63) is 35.4 Å². The first-order valence-corrected chi connectivity index (χ1v) is 6.18. The van der Waals surface area contributed by atoms with Gasteiger partial charge in [0.15, 0.2) is 0 Å². The fourth-order valence-corrected chi connectivity index (χ4v) is 2.09. The molecule has 0 aliphatic rings. The highest BCUT2D eigenvalue weighted by Crippen LogP contribution is 2.30. The fraction of sp³-hybridized carbons (Fsp3) is 0.500. The minimum atomic E-state index is -1.04. The third kappa shape index (κ3) is 3.09. The van der Waals surface area contributed by atoms with Crippen molar-refractivity contribution >= 4 is 5.97 Å². The lowest BCUT2D eigenvalue weighted by Gasteiger charge is -2.28. The summed E-state index contributed by atoms with van der Waals surface area (Å²) in [5, 5.41) is 18.3. The monoisotopic (exact) mass is 251 g/mol. The maximum absolute atomic E-state index is 11.6. The second kappa shape index (κ2) is 6.52. The Balaban J connectivity index is 3.02. The maximum atomic E-state index is 11.6.